The van der Waals surface area contributed by atoms with Gasteiger partial charge >= 0.3 is 0 Å². The molecule has 0 saturated heterocycles. The summed E-state index contributed by atoms with van der Waals surface area (Å²) in [4.78, 5) is 13.9. The molecule has 4 nitrogen and oxygen atoms in total. The molecular formula is C16H18ClNO3. The zero-order valence-corrected chi connectivity index (χ0v) is 13.1. The van der Waals surface area contributed by atoms with Crippen LogP contribution in [-0.4, -0.2) is 31.0 Å². The quantitative estimate of drug-likeness (QED) is 0.846. The number of benzene rings is 1. The third-order valence-electron chi connectivity index (χ3n) is 3.13. The summed E-state index contributed by atoms with van der Waals surface area (Å²) in [7, 11) is 1.75. The number of hydrogen-bond donors (Lipinski definition) is 0. The number of rotatable bonds is 5. The van der Waals surface area contributed by atoms with Crippen molar-refractivity contribution in [3.05, 3.63) is 52.4 Å². The van der Waals surface area contributed by atoms with Gasteiger partial charge < -0.3 is 14.1 Å². The first-order valence-electron chi connectivity index (χ1n) is 6.68. The van der Waals surface area contributed by atoms with Crippen LogP contribution in [0, 0.1) is 13.8 Å². The molecule has 0 aliphatic heterocycles. The van der Waals surface area contributed by atoms with Gasteiger partial charge in [-0.2, -0.15) is 0 Å². The van der Waals surface area contributed by atoms with Gasteiger partial charge in [0.2, 0.25) is 0 Å². The van der Waals surface area contributed by atoms with E-state index in [9.17, 15) is 4.79 Å². The predicted molar refractivity (Wildman–Crippen MR) is 82.1 cm³/mol. The second kappa shape index (κ2) is 6.68. The van der Waals surface area contributed by atoms with E-state index in [2.05, 4.69) is 0 Å². The third-order valence-corrected chi connectivity index (χ3v) is 3.38. The van der Waals surface area contributed by atoms with Gasteiger partial charge in [-0.3, -0.25) is 4.79 Å². The third kappa shape index (κ3) is 4.02. The van der Waals surface area contributed by atoms with E-state index in [4.69, 9.17) is 20.8 Å². The van der Waals surface area contributed by atoms with Crippen LogP contribution in [0.2, 0.25) is 5.02 Å². The van der Waals surface area contributed by atoms with Crippen LogP contribution in [-0.2, 0) is 0 Å². The number of ether oxygens (including phenoxy) is 1. The second-order valence-corrected chi connectivity index (χ2v) is 5.29. The zero-order chi connectivity index (χ0) is 15.4. The van der Waals surface area contributed by atoms with Gasteiger partial charge in [0, 0.05) is 12.1 Å². The van der Waals surface area contributed by atoms with Gasteiger partial charge in [-0.05, 0) is 44.2 Å². The van der Waals surface area contributed by atoms with Gasteiger partial charge in [0.15, 0.2) is 0 Å². The molecule has 0 aliphatic rings. The number of halogens is 1. The number of likely N-dealkylation sites (N-methyl/N-ethyl adjacent to an activating group) is 1. The number of hydrogen-bond acceptors (Lipinski definition) is 3. The first kappa shape index (κ1) is 15.4. The Hall–Kier alpha value is -1.94. The monoisotopic (exact) mass is 307 g/mol. The normalized spacial score (nSPS) is 10.5. The van der Waals surface area contributed by atoms with Crippen LogP contribution in [0.4, 0.5) is 0 Å². The Bertz CT molecular complexity index is 619. The van der Waals surface area contributed by atoms with Gasteiger partial charge in [-0.15, -0.1) is 0 Å². The van der Waals surface area contributed by atoms with Gasteiger partial charge in [-0.1, -0.05) is 11.6 Å². The lowest BCUT2D eigenvalue weighted by molar-refractivity contribution is 0.0772. The zero-order valence-electron chi connectivity index (χ0n) is 12.4. The second-order valence-electron chi connectivity index (χ2n) is 4.86. The van der Waals surface area contributed by atoms with Gasteiger partial charge in [0.05, 0.1) is 12.1 Å². The van der Waals surface area contributed by atoms with Gasteiger partial charge in [0.1, 0.15) is 23.9 Å². The lowest BCUT2D eigenvalue weighted by atomic mass is 10.2. The molecule has 1 heterocycles. The Kier molecular flexibility index (Phi) is 4.91. The first-order valence-corrected chi connectivity index (χ1v) is 7.06. The molecule has 1 aromatic heterocycles. The molecule has 0 radical (unpaired) electrons. The molecule has 0 saturated carbocycles. The van der Waals surface area contributed by atoms with Crippen molar-refractivity contribution in [2.75, 3.05) is 20.2 Å². The van der Waals surface area contributed by atoms with E-state index < -0.39 is 0 Å². The van der Waals surface area contributed by atoms with Crippen molar-refractivity contribution in [1.82, 2.24) is 4.90 Å². The Morgan fingerprint density at radius 2 is 1.95 bits per heavy atom. The largest absolute Gasteiger partial charge is 0.492 e. The van der Waals surface area contributed by atoms with E-state index in [0.717, 1.165) is 11.5 Å². The molecule has 112 valence electrons. The lowest BCUT2D eigenvalue weighted by Crippen LogP contribution is -2.31. The van der Waals surface area contributed by atoms with Crippen LogP contribution in [0.5, 0.6) is 5.75 Å². The highest BCUT2D eigenvalue weighted by Gasteiger charge is 2.17. The molecule has 0 aliphatic carbocycles. The topological polar surface area (TPSA) is 42.7 Å². The van der Waals surface area contributed by atoms with Crippen molar-refractivity contribution >= 4 is 17.5 Å². The summed E-state index contributed by atoms with van der Waals surface area (Å²) >= 11 is 5.81. The maximum absolute atomic E-state index is 12.3. The summed E-state index contributed by atoms with van der Waals surface area (Å²) < 4.78 is 11.0. The average Bonchev–Trinajstić information content (AvgIpc) is 2.79. The van der Waals surface area contributed by atoms with Gasteiger partial charge in [0.25, 0.3) is 5.91 Å². The summed E-state index contributed by atoms with van der Waals surface area (Å²) in [5.41, 5.74) is 0.599. The predicted octanol–water partition coefficient (Wildman–Crippen LogP) is 3.70. The first-order chi connectivity index (χ1) is 9.97. The maximum atomic E-state index is 12.3. The summed E-state index contributed by atoms with van der Waals surface area (Å²) in [6.45, 7) is 4.52. The Labute approximate surface area is 129 Å². The molecule has 2 aromatic rings. The van der Waals surface area contributed by atoms with E-state index in [1.54, 1.807) is 49.2 Å². The molecule has 1 amide bonds. The Balaban J connectivity index is 1.87. The number of carbonyl (C=O) groups excluding carboxylic acids is 1. The van der Waals surface area contributed by atoms with Crippen molar-refractivity contribution in [3.8, 4) is 5.75 Å². The molecule has 2 rings (SSSR count). The molecule has 1 aromatic carbocycles. The van der Waals surface area contributed by atoms with Crippen molar-refractivity contribution in [1.29, 1.82) is 0 Å². The number of amides is 1. The van der Waals surface area contributed by atoms with E-state index in [-0.39, 0.29) is 5.91 Å². The van der Waals surface area contributed by atoms with Crippen molar-refractivity contribution in [3.63, 3.8) is 0 Å². The van der Waals surface area contributed by atoms with E-state index in [1.165, 1.54) is 0 Å². The highest BCUT2D eigenvalue weighted by molar-refractivity contribution is 6.30. The summed E-state index contributed by atoms with van der Waals surface area (Å²) in [6, 6.07) is 8.89. The summed E-state index contributed by atoms with van der Waals surface area (Å²) in [5, 5.41) is 0.667. The number of aryl methyl sites for hydroxylation is 2. The summed E-state index contributed by atoms with van der Waals surface area (Å²) in [6.07, 6.45) is 0. The van der Waals surface area contributed by atoms with Crippen LogP contribution < -0.4 is 4.74 Å². The van der Waals surface area contributed by atoms with Crippen molar-refractivity contribution in [2.45, 2.75) is 13.8 Å². The fraction of sp³-hybridized carbons (Fsp3) is 0.312. The van der Waals surface area contributed by atoms with Crippen molar-refractivity contribution < 1.29 is 13.9 Å². The van der Waals surface area contributed by atoms with E-state index >= 15 is 0 Å². The lowest BCUT2D eigenvalue weighted by Gasteiger charge is -2.17. The average molecular weight is 308 g/mol. The molecule has 5 heteroatoms. The molecular weight excluding hydrogens is 290 g/mol. The van der Waals surface area contributed by atoms with Gasteiger partial charge in [-0.25, -0.2) is 0 Å². The molecule has 21 heavy (non-hydrogen) atoms. The standard InChI is InChI=1S/C16H18ClNO3/c1-11-10-15(12(2)21-11)16(19)18(3)8-9-20-14-6-4-13(17)5-7-14/h4-7,10H,8-9H2,1-3H3. The van der Waals surface area contributed by atoms with E-state index in [0.29, 0.717) is 29.5 Å². The Morgan fingerprint density at radius 3 is 2.52 bits per heavy atom. The van der Waals surface area contributed by atoms with Crippen LogP contribution in [0.15, 0.2) is 34.7 Å². The molecule has 0 fully saturated rings. The fourth-order valence-corrected chi connectivity index (χ4v) is 2.11. The number of nitrogens with zero attached hydrogens (tertiary/aromatic N) is 1. The minimum Gasteiger partial charge on any atom is -0.492 e. The van der Waals surface area contributed by atoms with Crippen molar-refractivity contribution in [2.24, 2.45) is 0 Å². The van der Waals surface area contributed by atoms with E-state index in [1.807, 2.05) is 6.92 Å². The molecule has 0 spiro atoms. The molecule has 0 unspecified atom stereocenters. The molecule has 0 N–H and O–H groups in total. The van der Waals surface area contributed by atoms with Crippen LogP contribution in [0.3, 0.4) is 0 Å². The minimum atomic E-state index is -0.0657. The summed E-state index contributed by atoms with van der Waals surface area (Å²) in [5.74, 6) is 2.05. The SMILES string of the molecule is Cc1cc(C(=O)N(C)CCOc2ccc(Cl)cc2)c(C)o1. The number of furan rings is 1. The smallest absolute Gasteiger partial charge is 0.257 e. The van der Waals surface area contributed by atoms with Crippen LogP contribution in [0.25, 0.3) is 0 Å². The fourth-order valence-electron chi connectivity index (χ4n) is 1.98. The highest BCUT2D eigenvalue weighted by atomic mass is 35.5. The minimum absolute atomic E-state index is 0.0657. The molecule has 0 bridgehead atoms. The number of carbonyl (C=O) groups is 1. The van der Waals surface area contributed by atoms with Crippen LogP contribution >= 0.6 is 11.6 Å². The van der Waals surface area contributed by atoms with Crippen LogP contribution in [0.1, 0.15) is 21.9 Å². The Morgan fingerprint density at radius 1 is 1.29 bits per heavy atom. The maximum Gasteiger partial charge on any atom is 0.257 e. The highest BCUT2D eigenvalue weighted by Crippen LogP contribution is 2.17. The molecule has 0 atom stereocenters.